The minimum atomic E-state index is 0.254. The first kappa shape index (κ1) is 15.2. The minimum Gasteiger partial charge on any atom is -0.396 e. The monoisotopic (exact) mass is 249 g/mol. The number of rotatable bonds is 8. The van der Waals surface area contributed by atoms with E-state index in [-0.39, 0.29) is 5.41 Å². The molecule has 102 valence electrons. The van der Waals surface area contributed by atoms with Gasteiger partial charge in [-0.15, -0.1) is 0 Å². The minimum absolute atomic E-state index is 0.254. The summed E-state index contributed by atoms with van der Waals surface area (Å²) in [5.74, 6) is 0. The van der Waals surface area contributed by atoms with Crippen molar-refractivity contribution in [2.75, 3.05) is 13.2 Å². The lowest BCUT2D eigenvalue weighted by molar-refractivity contribution is 0.236. The van der Waals surface area contributed by atoms with Crippen LogP contribution in [0.15, 0.2) is 24.3 Å². The van der Waals surface area contributed by atoms with Gasteiger partial charge in [0.1, 0.15) is 0 Å². The fraction of sp³-hybridized carbons (Fsp3) is 0.625. The Kier molecular flexibility index (Phi) is 6.37. The molecule has 0 saturated heterocycles. The normalized spacial score (nSPS) is 11.8. The molecule has 1 aromatic carbocycles. The molecule has 0 saturated carbocycles. The lowest BCUT2D eigenvalue weighted by Crippen LogP contribution is -2.29. The van der Waals surface area contributed by atoms with Crippen molar-refractivity contribution >= 4 is 0 Å². The zero-order valence-corrected chi connectivity index (χ0v) is 12.0. The maximum Gasteiger partial charge on any atom is 0.0431 e. The van der Waals surface area contributed by atoms with Gasteiger partial charge in [0.15, 0.2) is 0 Å². The summed E-state index contributed by atoms with van der Waals surface area (Å²) in [6, 6.07) is 8.61. The molecule has 2 heteroatoms. The summed E-state index contributed by atoms with van der Waals surface area (Å²) in [5.41, 5.74) is 3.08. The average Bonchev–Trinajstić information content (AvgIpc) is 2.37. The third-order valence-electron chi connectivity index (χ3n) is 3.43. The standard InChI is InChI=1S/C16H27NO/c1-4-14-8-5-6-9-15(14)12-17-13-16(2,3)10-7-11-18/h5-6,8-9,17-18H,4,7,10-13H2,1-3H3. The van der Waals surface area contributed by atoms with Crippen LogP contribution in [0.2, 0.25) is 0 Å². The first-order valence-corrected chi connectivity index (χ1v) is 6.97. The van der Waals surface area contributed by atoms with Gasteiger partial charge in [0, 0.05) is 19.7 Å². The highest BCUT2D eigenvalue weighted by Gasteiger charge is 2.16. The highest BCUT2D eigenvalue weighted by Crippen LogP contribution is 2.21. The van der Waals surface area contributed by atoms with Crippen molar-refractivity contribution in [3.63, 3.8) is 0 Å². The topological polar surface area (TPSA) is 32.3 Å². The van der Waals surface area contributed by atoms with Crippen molar-refractivity contribution in [3.8, 4) is 0 Å². The van der Waals surface area contributed by atoms with E-state index in [1.807, 2.05) is 0 Å². The van der Waals surface area contributed by atoms with Gasteiger partial charge in [-0.05, 0) is 35.8 Å². The van der Waals surface area contributed by atoms with Gasteiger partial charge in [0.2, 0.25) is 0 Å². The summed E-state index contributed by atoms with van der Waals surface area (Å²) in [6.45, 7) is 8.92. The van der Waals surface area contributed by atoms with Gasteiger partial charge in [0.25, 0.3) is 0 Å². The zero-order chi connectivity index (χ0) is 13.4. The molecule has 1 rings (SSSR count). The van der Waals surface area contributed by atoms with Crippen LogP contribution in [0.4, 0.5) is 0 Å². The van der Waals surface area contributed by atoms with E-state index < -0.39 is 0 Å². The highest BCUT2D eigenvalue weighted by atomic mass is 16.2. The van der Waals surface area contributed by atoms with Crippen molar-refractivity contribution in [2.24, 2.45) is 5.41 Å². The predicted octanol–water partition coefficient (Wildman–Crippen LogP) is 3.14. The van der Waals surface area contributed by atoms with Gasteiger partial charge in [-0.2, -0.15) is 0 Å². The smallest absolute Gasteiger partial charge is 0.0431 e. The van der Waals surface area contributed by atoms with Crippen LogP contribution in [0.1, 0.15) is 44.7 Å². The Morgan fingerprint density at radius 1 is 1.17 bits per heavy atom. The number of nitrogens with one attached hydrogen (secondary N) is 1. The first-order chi connectivity index (χ1) is 8.59. The summed E-state index contributed by atoms with van der Waals surface area (Å²) in [5, 5.41) is 12.4. The molecule has 0 unspecified atom stereocenters. The number of aryl methyl sites for hydroxylation is 1. The van der Waals surface area contributed by atoms with E-state index in [9.17, 15) is 0 Å². The summed E-state index contributed by atoms with van der Waals surface area (Å²) in [6.07, 6.45) is 3.04. The lowest BCUT2D eigenvalue weighted by Gasteiger charge is -2.25. The van der Waals surface area contributed by atoms with Crippen LogP contribution in [0.25, 0.3) is 0 Å². The number of aliphatic hydroxyl groups is 1. The zero-order valence-electron chi connectivity index (χ0n) is 12.0. The quantitative estimate of drug-likeness (QED) is 0.742. The van der Waals surface area contributed by atoms with Crippen LogP contribution in [0.3, 0.4) is 0 Å². The largest absolute Gasteiger partial charge is 0.396 e. The second-order valence-electron chi connectivity index (χ2n) is 5.72. The summed E-state index contributed by atoms with van der Waals surface area (Å²) in [7, 11) is 0. The van der Waals surface area contributed by atoms with Crippen LogP contribution < -0.4 is 5.32 Å². The Balaban J connectivity index is 2.41. The molecule has 0 aliphatic heterocycles. The van der Waals surface area contributed by atoms with E-state index in [4.69, 9.17) is 5.11 Å². The molecule has 18 heavy (non-hydrogen) atoms. The van der Waals surface area contributed by atoms with E-state index in [0.29, 0.717) is 6.61 Å². The molecule has 0 spiro atoms. The summed E-state index contributed by atoms with van der Waals surface area (Å²) < 4.78 is 0. The van der Waals surface area contributed by atoms with E-state index in [1.165, 1.54) is 11.1 Å². The Bertz CT molecular complexity index is 347. The van der Waals surface area contributed by atoms with Gasteiger partial charge in [-0.3, -0.25) is 0 Å². The predicted molar refractivity (Wildman–Crippen MR) is 77.6 cm³/mol. The molecule has 0 bridgehead atoms. The molecule has 0 aliphatic carbocycles. The SMILES string of the molecule is CCc1ccccc1CNCC(C)(C)CCCO. The molecular formula is C16H27NO. The average molecular weight is 249 g/mol. The van der Waals surface area contributed by atoms with Crippen LogP contribution in [-0.4, -0.2) is 18.3 Å². The van der Waals surface area contributed by atoms with Gasteiger partial charge < -0.3 is 10.4 Å². The second-order valence-corrected chi connectivity index (χ2v) is 5.72. The lowest BCUT2D eigenvalue weighted by atomic mass is 9.88. The van der Waals surface area contributed by atoms with Crippen LogP contribution in [0.5, 0.6) is 0 Å². The fourth-order valence-electron chi connectivity index (χ4n) is 2.26. The van der Waals surface area contributed by atoms with Crippen molar-refractivity contribution < 1.29 is 5.11 Å². The highest BCUT2D eigenvalue weighted by molar-refractivity contribution is 5.26. The van der Waals surface area contributed by atoms with Crippen molar-refractivity contribution in [1.29, 1.82) is 0 Å². The van der Waals surface area contributed by atoms with E-state index in [0.717, 1.165) is 32.4 Å². The molecule has 0 fully saturated rings. The fourth-order valence-corrected chi connectivity index (χ4v) is 2.26. The van der Waals surface area contributed by atoms with Crippen molar-refractivity contribution in [3.05, 3.63) is 35.4 Å². The van der Waals surface area contributed by atoms with Crippen LogP contribution in [0, 0.1) is 5.41 Å². The third kappa shape index (κ3) is 5.19. The molecule has 0 atom stereocenters. The Morgan fingerprint density at radius 2 is 1.83 bits per heavy atom. The Labute approximate surface area is 111 Å². The van der Waals surface area contributed by atoms with E-state index >= 15 is 0 Å². The maximum atomic E-state index is 8.88. The van der Waals surface area contributed by atoms with Crippen molar-refractivity contribution in [1.82, 2.24) is 5.32 Å². The molecule has 2 nitrogen and oxygen atoms in total. The molecule has 1 aromatic rings. The molecule has 0 aromatic heterocycles. The molecule has 2 N–H and O–H groups in total. The van der Waals surface area contributed by atoms with E-state index in [1.54, 1.807) is 0 Å². The van der Waals surface area contributed by atoms with Crippen LogP contribution in [-0.2, 0) is 13.0 Å². The van der Waals surface area contributed by atoms with Crippen molar-refractivity contribution in [2.45, 2.75) is 46.6 Å². The van der Waals surface area contributed by atoms with E-state index in [2.05, 4.69) is 50.4 Å². The summed E-state index contributed by atoms with van der Waals surface area (Å²) >= 11 is 0. The second kappa shape index (κ2) is 7.55. The molecular weight excluding hydrogens is 222 g/mol. The Morgan fingerprint density at radius 3 is 2.44 bits per heavy atom. The number of benzene rings is 1. The molecule has 0 heterocycles. The third-order valence-corrected chi connectivity index (χ3v) is 3.43. The summed E-state index contributed by atoms with van der Waals surface area (Å²) in [4.78, 5) is 0. The number of hydrogen-bond acceptors (Lipinski definition) is 2. The van der Waals surface area contributed by atoms with Crippen LogP contribution >= 0.6 is 0 Å². The number of aliphatic hydroxyl groups excluding tert-OH is 1. The number of hydrogen-bond donors (Lipinski definition) is 2. The van der Waals surface area contributed by atoms with Gasteiger partial charge in [-0.25, -0.2) is 0 Å². The maximum absolute atomic E-state index is 8.88. The van der Waals surface area contributed by atoms with Gasteiger partial charge >= 0.3 is 0 Å². The van der Waals surface area contributed by atoms with Gasteiger partial charge in [0.05, 0.1) is 0 Å². The first-order valence-electron chi connectivity index (χ1n) is 6.97. The van der Waals surface area contributed by atoms with Gasteiger partial charge in [-0.1, -0.05) is 45.0 Å². The molecule has 0 aliphatic rings. The molecule has 0 radical (unpaired) electrons. The molecule has 0 amide bonds. The Hall–Kier alpha value is -0.860.